The van der Waals surface area contributed by atoms with Crippen LogP contribution in [0.1, 0.15) is 84.5 Å². The van der Waals surface area contributed by atoms with Crippen LogP contribution in [0.5, 0.6) is 0 Å². The SMILES string of the molecule is CCCC(=O)[C@H]1CC[C@H]2[C@@H]3CCC4C[C@@](O)(COC)CC[C@@H]4[C@H]3CC[C@]12C. The number of rotatable bonds is 5. The van der Waals surface area contributed by atoms with Gasteiger partial charge < -0.3 is 9.84 Å². The lowest BCUT2D eigenvalue weighted by molar-refractivity contribution is -0.136. The van der Waals surface area contributed by atoms with Crippen LogP contribution in [-0.4, -0.2) is 30.2 Å². The summed E-state index contributed by atoms with van der Waals surface area (Å²) < 4.78 is 5.31. The molecule has 3 nitrogen and oxygen atoms in total. The first-order chi connectivity index (χ1) is 12.9. The van der Waals surface area contributed by atoms with Crippen molar-refractivity contribution < 1.29 is 14.6 Å². The lowest BCUT2D eigenvalue weighted by Crippen LogP contribution is -2.52. The topological polar surface area (TPSA) is 46.5 Å². The van der Waals surface area contributed by atoms with Crippen LogP contribution in [0.2, 0.25) is 0 Å². The van der Waals surface area contributed by atoms with Crippen molar-refractivity contribution in [2.24, 2.45) is 40.9 Å². The van der Waals surface area contributed by atoms with E-state index in [1.54, 1.807) is 7.11 Å². The summed E-state index contributed by atoms with van der Waals surface area (Å²) in [6.07, 6.45) is 12.4. The first-order valence-corrected chi connectivity index (χ1v) is 11.7. The average molecular weight is 377 g/mol. The largest absolute Gasteiger partial charge is 0.387 e. The molecule has 0 spiro atoms. The van der Waals surface area contributed by atoms with Gasteiger partial charge in [-0.3, -0.25) is 4.79 Å². The standard InChI is InChI=1S/C24H40O3/c1-4-5-22(25)21-9-8-20-19-7-6-16-14-24(26,15-27-3)13-11-17(16)18(19)10-12-23(20,21)2/h16-21,26H,4-15H2,1-3H3/t16?,17-,18+,19+,20-,21+,23-,24+/m0/s1. The predicted molar refractivity (Wildman–Crippen MR) is 107 cm³/mol. The number of fused-ring (bicyclic) bond motifs is 5. The van der Waals surface area contributed by atoms with E-state index in [0.29, 0.717) is 24.2 Å². The maximum atomic E-state index is 12.8. The molecule has 0 bridgehead atoms. The number of methoxy groups -OCH3 is 1. The normalized spacial score (nSPS) is 49.2. The van der Waals surface area contributed by atoms with Gasteiger partial charge in [0, 0.05) is 19.4 Å². The van der Waals surface area contributed by atoms with E-state index in [1.807, 2.05) is 0 Å². The molecule has 4 fully saturated rings. The van der Waals surface area contributed by atoms with Crippen molar-refractivity contribution in [1.29, 1.82) is 0 Å². The molecule has 0 amide bonds. The van der Waals surface area contributed by atoms with Gasteiger partial charge >= 0.3 is 0 Å². The lowest BCUT2D eigenvalue weighted by atomic mass is 9.49. The van der Waals surface area contributed by atoms with E-state index in [4.69, 9.17) is 4.74 Å². The van der Waals surface area contributed by atoms with Crippen molar-refractivity contribution in [3.05, 3.63) is 0 Å². The minimum absolute atomic E-state index is 0.270. The second-order valence-corrected chi connectivity index (χ2v) is 10.7. The summed E-state index contributed by atoms with van der Waals surface area (Å²) in [4.78, 5) is 12.8. The Morgan fingerprint density at radius 3 is 2.56 bits per heavy atom. The van der Waals surface area contributed by atoms with Crippen LogP contribution in [0, 0.1) is 40.9 Å². The Bertz CT molecular complexity index is 560. The van der Waals surface area contributed by atoms with Crippen LogP contribution < -0.4 is 0 Å². The fourth-order valence-corrected chi connectivity index (χ4v) is 8.31. The molecule has 4 rings (SSSR count). The summed E-state index contributed by atoms with van der Waals surface area (Å²) in [6, 6.07) is 0. The molecule has 4 aliphatic rings. The highest BCUT2D eigenvalue weighted by Gasteiger charge is 2.58. The second kappa shape index (κ2) is 7.44. The van der Waals surface area contributed by atoms with Gasteiger partial charge in [0.05, 0.1) is 12.2 Å². The van der Waals surface area contributed by atoms with Crippen LogP contribution in [0.15, 0.2) is 0 Å². The third kappa shape index (κ3) is 3.31. The predicted octanol–water partition coefficient (Wildman–Crippen LogP) is 5.00. The van der Waals surface area contributed by atoms with Gasteiger partial charge in [-0.25, -0.2) is 0 Å². The first-order valence-electron chi connectivity index (χ1n) is 11.7. The van der Waals surface area contributed by atoms with Crippen LogP contribution in [0.3, 0.4) is 0 Å². The van der Waals surface area contributed by atoms with Gasteiger partial charge in [0.1, 0.15) is 5.78 Å². The molecule has 154 valence electrons. The third-order valence-electron chi connectivity index (χ3n) is 9.40. The number of hydrogen-bond acceptors (Lipinski definition) is 3. The Morgan fingerprint density at radius 2 is 1.81 bits per heavy atom. The molecule has 0 aliphatic heterocycles. The summed E-state index contributed by atoms with van der Waals surface area (Å²) in [7, 11) is 1.71. The van der Waals surface area contributed by atoms with Crippen LogP contribution in [0.4, 0.5) is 0 Å². The Morgan fingerprint density at radius 1 is 1.04 bits per heavy atom. The van der Waals surface area contributed by atoms with Gasteiger partial charge in [-0.15, -0.1) is 0 Å². The fourth-order valence-electron chi connectivity index (χ4n) is 8.31. The van der Waals surface area contributed by atoms with Crippen molar-refractivity contribution in [2.75, 3.05) is 13.7 Å². The molecule has 27 heavy (non-hydrogen) atoms. The molecule has 4 saturated carbocycles. The number of aliphatic hydroxyl groups is 1. The quantitative estimate of drug-likeness (QED) is 0.734. The molecule has 0 heterocycles. The number of Topliss-reactive ketones (excluding diaryl/α,β-unsaturated/α-hetero) is 1. The number of hydrogen-bond donors (Lipinski definition) is 1. The van der Waals surface area contributed by atoms with Gasteiger partial charge in [0.15, 0.2) is 0 Å². The van der Waals surface area contributed by atoms with Crippen LogP contribution in [0.25, 0.3) is 0 Å². The summed E-state index contributed by atoms with van der Waals surface area (Å²) in [5.74, 6) is 4.81. The molecule has 0 radical (unpaired) electrons. The Balaban J connectivity index is 1.48. The summed E-state index contributed by atoms with van der Waals surface area (Å²) >= 11 is 0. The van der Waals surface area contributed by atoms with Crippen molar-refractivity contribution in [3.8, 4) is 0 Å². The molecule has 8 atom stereocenters. The zero-order valence-electron chi connectivity index (χ0n) is 17.7. The van der Waals surface area contributed by atoms with Gasteiger partial charge in [-0.1, -0.05) is 13.8 Å². The van der Waals surface area contributed by atoms with Crippen molar-refractivity contribution in [3.63, 3.8) is 0 Å². The van der Waals surface area contributed by atoms with Crippen molar-refractivity contribution in [2.45, 2.75) is 90.1 Å². The van der Waals surface area contributed by atoms with Crippen LogP contribution in [-0.2, 0) is 9.53 Å². The fraction of sp³-hybridized carbons (Fsp3) is 0.958. The number of ketones is 1. The van der Waals surface area contributed by atoms with E-state index in [-0.39, 0.29) is 5.41 Å². The average Bonchev–Trinajstić information content (AvgIpc) is 2.98. The second-order valence-electron chi connectivity index (χ2n) is 10.7. The third-order valence-corrected chi connectivity index (χ3v) is 9.40. The molecular weight excluding hydrogens is 336 g/mol. The van der Waals surface area contributed by atoms with Gasteiger partial charge in [0.25, 0.3) is 0 Å². The molecule has 1 unspecified atom stereocenters. The minimum Gasteiger partial charge on any atom is -0.387 e. The molecule has 0 aromatic rings. The molecule has 1 N–H and O–H groups in total. The highest BCUT2D eigenvalue weighted by molar-refractivity contribution is 5.82. The maximum Gasteiger partial charge on any atom is 0.136 e. The van der Waals surface area contributed by atoms with Gasteiger partial charge in [-0.05, 0) is 99.2 Å². The molecule has 3 heteroatoms. The first kappa shape index (κ1) is 19.9. The van der Waals surface area contributed by atoms with E-state index >= 15 is 0 Å². The highest BCUT2D eigenvalue weighted by atomic mass is 16.5. The Hall–Kier alpha value is -0.410. The van der Waals surface area contributed by atoms with E-state index in [2.05, 4.69) is 13.8 Å². The van der Waals surface area contributed by atoms with Gasteiger partial charge in [-0.2, -0.15) is 0 Å². The zero-order valence-corrected chi connectivity index (χ0v) is 17.7. The van der Waals surface area contributed by atoms with Gasteiger partial charge in [0.2, 0.25) is 0 Å². The monoisotopic (exact) mass is 376 g/mol. The Kier molecular flexibility index (Phi) is 5.48. The molecule has 0 aromatic heterocycles. The number of carbonyl (C=O) groups is 1. The van der Waals surface area contributed by atoms with E-state index in [0.717, 1.165) is 55.8 Å². The summed E-state index contributed by atoms with van der Waals surface area (Å²) in [5.41, 5.74) is -0.317. The molecular formula is C24H40O3. The van der Waals surface area contributed by atoms with E-state index in [1.165, 1.54) is 38.5 Å². The minimum atomic E-state index is -0.586. The molecule has 0 saturated heterocycles. The smallest absolute Gasteiger partial charge is 0.136 e. The maximum absolute atomic E-state index is 12.8. The van der Waals surface area contributed by atoms with E-state index < -0.39 is 5.60 Å². The highest BCUT2D eigenvalue weighted by Crippen LogP contribution is 2.64. The van der Waals surface area contributed by atoms with Crippen molar-refractivity contribution in [1.82, 2.24) is 0 Å². The van der Waals surface area contributed by atoms with Crippen molar-refractivity contribution >= 4 is 5.78 Å². The Labute approximate surface area is 165 Å². The van der Waals surface area contributed by atoms with Crippen LogP contribution >= 0.6 is 0 Å². The molecule has 0 aromatic carbocycles. The summed E-state index contributed by atoms with van der Waals surface area (Å²) in [6.45, 7) is 5.09. The number of ether oxygens (including phenoxy) is 1. The van der Waals surface area contributed by atoms with E-state index in [9.17, 15) is 9.90 Å². The summed E-state index contributed by atoms with van der Waals surface area (Å²) in [5, 5.41) is 10.9. The molecule has 4 aliphatic carbocycles. The lowest BCUT2D eigenvalue weighted by Gasteiger charge is -2.57. The number of carbonyl (C=O) groups excluding carboxylic acids is 1. The zero-order chi connectivity index (χ0) is 19.2.